The molecule has 1 aliphatic heterocycles. The molecule has 0 N–H and O–H groups in total. The van der Waals surface area contributed by atoms with Crippen LogP contribution in [-0.2, 0) is 6.61 Å². The number of hydrogen-bond acceptors (Lipinski definition) is 4. The summed E-state index contributed by atoms with van der Waals surface area (Å²) >= 11 is 10.0. The highest BCUT2D eigenvalue weighted by Gasteiger charge is 2.18. The van der Waals surface area contributed by atoms with Crippen molar-refractivity contribution < 1.29 is 13.9 Å². The van der Waals surface area contributed by atoms with Gasteiger partial charge in [-0.05, 0) is 53.8 Å². The Balaban J connectivity index is 1.89. The first-order valence-corrected chi connectivity index (χ1v) is 10.2. The van der Waals surface area contributed by atoms with Crippen LogP contribution in [0.2, 0.25) is 5.02 Å². The van der Waals surface area contributed by atoms with Crippen molar-refractivity contribution >= 4 is 51.0 Å². The molecule has 0 amide bonds. The van der Waals surface area contributed by atoms with E-state index in [-0.39, 0.29) is 12.4 Å². The molecule has 7 heteroatoms. The van der Waals surface area contributed by atoms with E-state index < -0.39 is 0 Å². The molecule has 0 unspecified atom stereocenters. The van der Waals surface area contributed by atoms with Gasteiger partial charge in [0.1, 0.15) is 12.4 Å². The van der Waals surface area contributed by atoms with E-state index in [1.54, 1.807) is 23.9 Å². The van der Waals surface area contributed by atoms with Crippen LogP contribution < -0.4 is 9.47 Å². The van der Waals surface area contributed by atoms with Crippen LogP contribution in [0.4, 0.5) is 4.39 Å². The smallest absolute Gasteiger partial charge is 0.175 e. The van der Waals surface area contributed by atoms with Crippen LogP contribution in [-0.4, -0.2) is 23.9 Å². The lowest BCUT2D eigenvalue weighted by Crippen LogP contribution is -2.05. The lowest BCUT2D eigenvalue weighted by molar-refractivity contribution is 0.264. The predicted molar refractivity (Wildman–Crippen MR) is 110 cm³/mol. The van der Waals surface area contributed by atoms with E-state index in [0.29, 0.717) is 28.7 Å². The maximum absolute atomic E-state index is 14.0. The number of thioether (sulfide) groups is 1. The zero-order valence-electron chi connectivity index (χ0n) is 13.5. The van der Waals surface area contributed by atoms with E-state index in [4.69, 9.17) is 21.1 Å². The van der Waals surface area contributed by atoms with Gasteiger partial charge in [-0.2, -0.15) is 0 Å². The van der Waals surface area contributed by atoms with E-state index in [1.165, 1.54) is 6.07 Å². The van der Waals surface area contributed by atoms with Gasteiger partial charge < -0.3 is 9.47 Å². The lowest BCUT2D eigenvalue weighted by atomic mass is 10.2. The van der Waals surface area contributed by atoms with Crippen LogP contribution in [0, 0.1) is 9.39 Å². The van der Waals surface area contributed by atoms with Gasteiger partial charge in [-0.1, -0.05) is 17.7 Å². The largest absolute Gasteiger partial charge is 0.490 e. The molecule has 0 saturated carbocycles. The minimum Gasteiger partial charge on any atom is -0.490 e. The first kappa shape index (κ1) is 18.8. The molecule has 1 aliphatic rings. The maximum Gasteiger partial charge on any atom is 0.175 e. The van der Waals surface area contributed by atoms with Crippen molar-refractivity contribution in [3.63, 3.8) is 0 Å². The second-order valence-corrected chi connectivity index (χ2v) is 7.90. The molecule has 2 aromatic carbocycles. The molecule has 3 rings (SSSR count). The molecule has 0 saturated heterocycles. The predicted octanol–water partition coefficient (Wildman–Crippen LogP) is 5.55. The standard InChI is InChI=1S/C18H16ClFINO2S/c1-2-23-16-9-11(18-22-6-7-25-18)8-15(21)17(16)24-10-12-13(19)4-3-5-14(12)20/h3-5,8-9H,2,6-7,10H2,1H3. The molecule has 0 fully saturated rings. The molecule has 0 bridgehead atoms. The Bertz CT molecular complexity index is 796. The van der Waals surface area contributed by atoms with Gasteiger partial charge >= 0.3 is 0 Å². The van der Waals surface area contributed by atoms with Crippen molar-refractivity contribution in [3.8, 4) is 11.5 Å². The molecule has 0 atom stereocenters. The Kier molecular flexibility index (Phi) is 6.46. The number of hydrogen-bond donors (Lipinski definition) is 0. The summed E-state index contributed by atoms with van der Waals surface area (Å²) in [6.45, 7) is 3.30. The van der Waals surface area contributed by atoms with Gasteiger partial charge in [-0.3, -0.25) is 4.99 Å². The van der Waals surface area contributed by atoms with Gasteiger partial charge in [0.2, 0.25) is 0 Å². The Hall–Kier alpha value is -0.990. The fraction of sp³-hybridized carbons (Fsp3) is 0.278. The minimum absolute atomic E-state index is 0.0383. The van der Waals surface area contributed by atoms with E-state index in [9.17, 15) is 4.39 Å². The number of nitrogens with zero attached hydrogens (tertiary/aromatic N) is 1. The monoisotopic (exact) mass is 491 g/mol. The Labute approximate surface area is 169 Å². The second kappa shape index (κ2) is 8.60. The van der Waals surface area contributed by atoms with Gasteiger partial charge in [0, 0.05) is 23.4 Å². The number of rotatable bonds is 6. The summed E-state index contributed by atoms with van der Waals surface area (Å²) in [6, 6.07) is 8.54. The number of aliphatic imine (C=N–C) groups is 1. The zero-order chi connectivity index (χ0) is 17.8. The first-order valence-electron chi connectivity index (χ1n) is 7.79. The third-order valence-electron chi connectivity index (χ3n) is 3.56. The molecule has 132 valence electrons. The summed E-state index contributed by atoms with van der Waals surface area (Å²) in [6.07, 6.45) is 0. The fourth-order valence-electron chi connectivity index (χ4n) is 2.42. The molecular weight excluding hydrogens is 476 g/mol. The van der Waals surface area contributed by atoms with Gasteiger partial charge in [0.05, 0.1) is 20.2 Å². The number of ether oxygens (including phenoxy) is 2. The van der Waals surface area contributed by atoms with Crippen molar-refractivity contribution in [1.29, 1.82) is 0 Å². The summed E-state index contributed by atoms with van der Waals surface area (Å²) in [4.78, 5) is 4.51. The van der Waals surface area contributed by atoms with Gasteiger partial charge in [0.15, 0.2) is 11.5 Å². The summed E-state index contributed by atoms with van der Waals surface area (Å²) < 4.78 is 26.5. The maximum atomic E-state index is 14.0. The van der Waals surface area contributed by atoms with Crippen LogP contribution in [0.25, 0.3) is 0 Å². The molecule has 1 heterocycles. The number of halogens is 3. The molecule has 0 radical (unpaired) electrons. The van der Waals surface area contributed by atoms with Crippen molar-refractivity contribution in [1.82, 2.24) is 0 Å². The van der Waals surface area contributed by atoms with Crippen LogP contribution in [0.1, 0.15) is 18.1 Å². The summed E-state index contributed by atoms with van der Waals surface area (Å²) in [5.41, 5.74) is 1.36. The van der Waals surface area contributed by atoms with Crippen LogP contribution in [0.15, 0.2) is 35.3 Å². The molecule has 25 heavy (non-hydrogen) atoms. The summed E-state index contributed by atoms with van der Waals surface area (Å²) in [7, 11) is 0. The van der Waals surface area contributed by atoms with Crippen molar-refractivity contribution in [2.75, 3.05) is 18.9 Å². The molecular formula is C18H16ClFINO2S. The minimum atomic E-state index is -0.381. The first-order chi connectivity index (χ1) is 12.1. The molecule has 0 spiro atoms. The fourth-order valence-corrected chi connectivity index (χ4v) is 4.24. The van der Waals surface area contributed by atoms with E-state index in [1.807, 2.05) is 19.1 Å². The highest BCUT2D eigenvalue weighted by Crippen LogP contribution is 2.37. The third-order valence-corrected chi connectivity index (χ3v) is 5.74. The third kappa shape index (κ3) is 4.41. The Morgan fingerprint density at radius 1 is 1.32 bits per heavy atom. The van der Waals surface area contributed by atoms with Crippen LogP contribution in [0.5, 0.6) is 11.5 Å². The summed E-state index contributed by atoms with van der Waals surface area (Å²) in [5, 5.41) is 1.36. The van der Waals surface area contributed by atoms with Crippen molar-refractivity contribution in [3.05, 3.63) is 55.9 Å². The van der Waals surface area contributed by atoms with Crippen LogP contribution in [0.3, 0.4) is 0 Å². The Morgan fingerprint density at radius 3 is 2.84 bits per heavy atom. The molecule has 3 nitrogen and oxygen atoms in total. The molecule has 0 aromatic heterocycles. The van der Waals surface area contributed by atoms with Crippen LogP contribution >= 0.6 is 46.0 Å². The normalized spacial score (nSPS) is 13.7. The van der Waals surface area contributed by atoms with E-state index >= 15 is 0 Å². The van der Waals surface area contributed by atoms with Crippen molar-refractivity contribution in [2.24, 2.45) is 4.99 Å². The second-order valence-electron chi connectivity index (χ2n) is 5.24. The van der Waals surface area contributed by atoms with Crippen molar-refractivity contribution in [2.45, 2.75) is 13.5 Å². The SMILES string of the molecule is CCOc1cc(C2=NCCS2)cc(I)c1OCc1c(F)cccc1Cl. The average molecular weight is 492 g/mol. The van der Waals surface area contributed by atoms with E-state index in [0.717, 1.165) is 26.5 Å². The van der Waals surface area contributed by atoms with Gasteiger partial charge in [-0.25, -0.2) is 4.39 Å². The summed E-state index contributed by atoms with van der Waals surface area (Å²) in [5.74, 6) is 1.84. The van der Waals surface area contributed by atoms with E-state index in [2.05, 4.69) is 27.6 Å². The highest BCUT2D eigenvalue weighted by molar-refractivity contribution is 14.1. The Morgan fingerprint density at radius 2 is 2.16 bits per heavy atom. The quantitative estimate of drug-likeness (QED) is 0.496. The zero-order valence-corrected chi connectivity index (χ0v) is 17.3. The average Bonchev–Trinajstić information content (AvgIpc) is 3.11. The topological polar surface area (TPSA) is 30.8 Å². The number of benzene rings is 2. The molecule has 0 aliphatic carbocycles. The lowest BCUT2D eigenvalue weighted by Gasteiger charge is -2.16. The highest BCUT2D eigenvalue weighted by atomic mass is 127. The van der Waals surface area contributed by atoms with Gasteiger partial charge in [-0.15, -0.1) is 11.8 Å². The van der Waals surface area contributed by atoms with Gasteiger partial charge in [0.25, 0.3) is 0 Å². The molecule has 2 aromatic rings.